The summed E-state index contributed by atoms with van der Waals surface area (Å²) in [5, 5.41) is 16.9. The lowest BCUT2D eigenvalue weighted by atomic mass is 9.98. The first-order valence-corrected chi connectivity index (χ1v) is 23.4. The molecule has 23 heteroatoms. The number of piperidine rings is 1. The van der Waals surface area contributed by atoms with Gasteiger partial charge in [-0.3, -0.25) is 29.8 Å². The number of carbonyl (C=O) groups excluding carboxylic acids is 3. The predicted molar refractivity (Wildman–Crippen MR) is 257 cm³/mol. The molecule has 2 N–H and O–H groups in total. The molecule has 3 heterocycles. The van der Waals surface area contributed by atoms with Crippen molar-refractivity contribution in [3.8, 4) is 23.0 Å². The standard InChI is InChI=1S/C49H54ClFN6O15/c1-63-42-29-40-36(47(53-31-52-40)56(34-9-11-38(51)37(50)27-34)30-32-5-7-33(8-6-32)57(61)62)28-43(42)70-26-25-69-24-23-68-22-21-67-20-19-66-18-17-65-16-15-64-14-13-45(59)54-39-3-2-4-41-46(39)72-49(71-41)35-10-12-44(58)55-48(35)60/h2-9,11,27-29,31,35,49H,10,12-26,30H2,1H3,(H,54,59)(H,55,58,60). The van der Waals surface area contributed by atoms with E-state index in [0.717, 1.165) is 5.56 Å². The maximum Gasteiger partial charge on any atom is 0.269 e. The van der Waals surface area contributed by atoms with Crippen molar-refractivity contribution in [3.05, 3.63) is 106 Å². The van der Waals surface area contributed by atoms with Gasteiger partial charge in [0.1, 0.15) is 30.5 Å². The third kappa shape index (κ3) is 15.1. The van der Waals surface area contributed by atoms with Gasteiger partial charge in [-0.2, -0.15) is 0 Å². The molecule has 72 heavy (non-hydrogen) atoms. The van der Waals surface area contributed by atoms with Crippen LogP contribution in [-0.4, -0.2) is 132 Å². The van der Waals surface area contributed by atoms with E-state index in [9.17, 15) is 28.9 Å². The first-order valence-electron chi connectivity index (χ1n) is 23.1. The molecule has 0 aliphatic carbocycles. The van der Waals surface area contributed by atoms with Crippen molar-refractivity contribution in [1.82, 2.24) is 15.3 Å². The normalized spacial score (nSPS) is 15.1. The van der Waals surface area contributed by atoms with Gasteiger partial charge >= 0.3 is 0 Å². The summed E-state index contributed by atoms with van der Waals surface area (Å²) in [6, 6.07) is 18.9. The van der Waals surface area contributed by atoms with Crippen LogP contribution in [0, 0.1) is 21.8 Å². The molecule has 0 saturated carbocycles. The Bertz CT molecular complexity index is 2630. The Morgan fingerprint density at radius 1 is 0.833 bits per heavy atom. The first kappa shape index (κ1) is 53.0. The molecular weight excluding hydrogens is 967 g/mol. The number of imide groups is 1. The topological polar surface area (TPSA) is 240 Å². The van der Waals surface area contributed by atoms with E-state index in [4.69, 9.17) is 59.0 Å². The van der Waals surface area contributed by atoms with Crippen LogP contribution in [0.3, 0.4) is 0 Å². The fraction of sp³-hybridized carbons (Fsp3) is 0.408. The zero-order chi connectivity index (χ0) is 50.7. The van der Waals surface area contributed by atoms with Crippen molar-refractivity contribution in [3.63, 3.8) is 0 Å². The monoisotopic (exact) mass is 1020 g/mol. The second kappa shape index (κ2) is 27.1. The number of hydrogen-bond donors (Lipinski definition) is 2. The highest BCUT2D eigenvalue weighted by atomic mass is 35.5. The van der Waals surface area contributed by atoms with Crippen LogP contribution in [0.1, 0.15) is 24.8 Å². The highest BCUT2D eigenvalue weighted by Gasteiger charge is 2.41. The third-order valence-electron chi connectivity index (χ3n) is 11.0. The molecule has 4 aromatic carbocycles. The van der Waals surface area contributed by atoms with Crippen molar-refractivity contribution < 1.29 is 71.1 Å². The number of para-hydroxylation sites is 1. The maximum absolute atomic E-state index is 14.2. The van der Waals surface area contributed by atoms with Crippen LogP contribution in [-0.2, 0) is 49.3 Å². The summed E-state index contributed by atoms with van der Waals surface area (Å²) in [4.78, 5) is 57.9. The van der Waals surface area contributed by atoms with Gasteiger partial charge in [-0.05, 0) is 48.4 Å². The first-order chi connectivity index (χ1) is 35.1. The number of nitro benzene ring substituents is 1. The smallest absolute Gasteiger partial charge is 0.269 e. The number of benzene rings is 4. The van der Waals surface area contributed by atoms with Gasteiger partial charge in [0, 0.05) is 42.2 Å². The fourth-order valence-corrected chi connectivity index (χ4v) is 7.58. The number of nitro groups is 1. The Kier molecular flexibility index (Phi) is 20.0. The molecule has 21 nitrogen and oxygen atoms in total. The number of nitrogens with one attached hydrogen (secondary N) is 2. The Labute approximate surface area is 418 Å². The molecule has 1 saturated heterocycles. The van der Waals surface area contributed by atoms with Crippen molar-refractivity contribution >= 4 is 63.1 Å². The summed E-state index contributed by atoms with van der Waals surface area (Å²) in [5.41, 5.74) is 2.17. The Morgan fingerprint density at radius 2 is 1.49 bits per heavy atom. The zero-order valence-corrected chi connectivity index (χ0v) is 40.1. The Hall–Kier alpha value is -6.79. The van der Waals surface area contributed by atoms with Gasteiger partial charge in [0.05, 0.1) is 114 Å². The summed E-state index contributed by atoms with van der Waals surface area (Å²) in [6.07, 6.45) is 1.11. The molecule has 0 radical (unpaired) electrons. The van der Waals surface area contributed by atoms with Gasteiger partial charge in [-0.15, -0.1) is 0 Å². The van der Waals surface area contributed by atoms with Crippen LogP contribution >= 0.6 is 11.6 Å². The van der Waals surface area contributed by atoms with Crippen LogP contribution in [0.4, 0.5) is 27.3 Å². The molecule has 2 atom stereocenters. The second-order valence-electron chi connectivity index (χ2n) is 15.9. The van der Waals surface area contributed by atoms with E-state index in [1.807, 2.05) is 0 Å². The van der Waals surface area contributed by atoms with Crippen LogP contribution in [0.5, 0.6) is 23.0 Å². The van der Waals surface area contributed by atoms with E-state index in [1.165, 1.54) is 37.7 Å². The quantitative estimate of drug-likeness (QED) is 0.0221. The van der Waals surface area contributed by atoms with Crippen LogP contribution in [0.25, 0.3) is 10.9 Å². The average Bonchev–Trinajstić information content (AvgIpc) is 3.82. The lowest BCUT2D eigenvalue weighted by molar-refractivity contribution is -0.384. The van der Waals surface area contributed by atoms with Gasteiger partial charge in [0.2, 0.25) is 17.7 Å². The average molecular weight is 1020 g/mol. The molecular formula is C49H54ClFN6O15. The molecule has 2 aliphatic rings. The van der Waals surface area contributed by atoms with Crippen molar-refractivity contribution in [1.29, 1.82) is 0 Å². The minimum absolute atomic E-state index is 0.0495. The van der Waals surface area contributed by atoms with E-state index >= 15 is 0 Å². The number of ether oxygens (including phenoxy) is 10. The fourth-order valence-electron chi connectivity index (χ4n) is 7.40. The molecule has 384 valence electrons. The molecule has 7 rings (SSSR count). The van der Waals surface area contributed by atoms with E-state index in [2.05, 4.69) is 20.6 Å². The SMILES string of the molecule is COc1cc2ncnc(N(Cc3ccc([N+](=O)[O-])cc3)c3ccc(F)c(Cl)c3)c2cc1OCCOCCOCCOCCOCCOCCOCCC(=O)Nc1cccc2c1OC(C1CCC(=O)NC1=O)O2. The van der Waals surface area contributed by atoms with Crippen LogP contribution in [0.15, 0.2) is 79.1 Å². The zero-order valence-electron chi connectivity index (χ0n) is 39.3. The summed E-state index contributed by atoms with van der Waals surface area (Å²) >= 11 is 6.20. The highest BCUT2D eigenvalue weighted by molar-refractivity contribution is 6.31. The predicted octanol–water partition coefficient (Wildman–Crippen LogP) is 6.33. The summed E-state index contributed by atoms with van der Waals surface area (Å²) in [5.74, 6) is -0.258. The maximum atomic E-state index is 14.2. The minimum Gasteiger partial charge on any atom is -0.493 e. The van der Waals surface area contributed by atoms with Gasteiger partial charge < -0.3 is 57.6 Å². The number of anilines is 3. The van der Waals surface area contributed by atoms with Gasteiger partial charge in [0.15, 0.2) is 23.0 Å². The number of rotatable bonds is 30. The summed E-state index contributed by atoms with van der Waals surface area (Å²) in [6.45, 7) is 4.43. The number of methoxy groups -OCH3 is 1. The van der Waals surface area contributed by atoms with Gasteiger partial charge in [-0.1, -0.05) is 29.8 Å². The molecule has 2 unspecified atom stereocenters. The van der Waals surface area contributed by atoms with E-state index < -0.39 is 28.9 Å². The summed E-state index contributed by atoms with van der Waals surface area (Å²) < 4.78 is 71.0. The number of carbonyl (C=O) groups is 3. The highest BCUT2D eigenvalue weighted by Crippen LogP contribution is 2.44. The number of nitrogens with zero attached hydrogens (tertiary/aromatic N) is 4. The Morgan fingerprint density at radius 3 is 2.11 bits per heavy atom. The Balaban J connectivity index is 0.707. The van der Waals surface area contributed by atoms with Crippen molar-refractivity contribution in [2.45, 2.75) is 32.1 Å². The number of amides is 3. The number of aromatic nitrogens is 2. The van der Waals surface area contributed by atoms with E-state index in [0.29, 0.717) is 124 Å². The summed E-state index contributed by atoms with van der Waals surface area (Å²) in [7, 11) is 1.52. The van der Waals surface area contributed by atoms with Gasteiger partial charge in [0.25, 0.3) is 12.0 Å². The van der Waals surface area contributed by atoms with Crippen LogP contribution < -0.4 is 34.5 Å². The lowest BCUT2D eigenvalue weighted by Gasteiger charge is -2.26. The number of fused-ring (bicyclic) bond motifs is 2. The molecule has 2 aliphatic heterocycles. The second-order valence-corrected chi connectivity index (χ2v) is 16.3. The molecule has 1 aromatic heterocycles. The third-order valence-corrected chi connectivity index (χ3v) is 11.3. The number of hydrogen-bond acceptors (Lipinski definition) is 18. The molecule has 1 fully saturated rings. The molecule has 0 spiro atoms. The van der Waals surface area contributed by atoms with E-state index in [-0.39, 0.29) is 61.7 Å². The largest absolute Gasteiger partial charge is 0.493 e. The van der Waals surface area contributed by atoms with Crippen molar-refractivity contribution in [2.24, 2.45) is 5.92 Å². The van der Waals surface area contributed by atoms with Crippen molar-refractivity contribution in [2.75, 3.05) is 103 Å². The minimum atomic E-state index is -0.890. The number of halogens is 2. The molecule has 3 amide bonds. The molecule has 0 bridgehead atoms. The lowest BCUT2D eigenvalue weighted by Crippen LogP contribution is -2.47. The van der Waals surface area contributed by atoms with Gasteiger partial charge in [-0.25, -0.2) is 14.4 Å². The van der Waals surface area contributed by atoms with Crippen LogP contribution in [0.2, 0.25) is 5.02 Å². The van der Waals surface area contributed by atoms with E-state index in [1.54, 1.807) is 53.4 Å². The molecule has 5 aromatic rings. The number of non-ortho nitro benzene ring substituents is 1.